The average Bonchev–Trinajstić information content (AvgIpc) is 2.76. The standard InChI is InChI=1S/C20H16N2/c1-2-9-19-16(6-1)10-11-17-7-3-8-18(20(17)22-19)13-15-5-4-12-21-14-15/h1-12,14,22H,13H2. The molecule has 4 rings (SSSR count). The molecule has 2 nitrogen and oxygen atoms in total. The third-order valence-corrected chi connectivity index (χ3v) is 3.96. The smallest absolute Gasteiger partial charge is 0.0493 e. The number of aromatic nitrogens is 1. The molecule has 0 aliphatic carbocycles. The molecule has 1 aromatic heterocycles. The Balaban J connectivity index is 1.78. The number of hydrogen-bond donors (Lipinski definition) is 1. The molecule has 3 aromatic rings. The van der Waals surface area contributed by atoms with Gasteiger partial charge < -0.3 is 5.32 Å². The lowest BCUT2D eigenvalue weighted by Crippen LogP contribution is -1.99. The summed E-state index contributed by atoms with van der Waals surface area (Å²) in [5, 5.41) is 3.61. The van der Waals surface area contributed by atoms with Gasteiger partial charge in [0.25, 0.3) is 0 Å². The Kier molecular flexibility index (Phi) is 3.20. The van der Waals surface area contributed by atoms with E-state index in [1.165, 1.54) is 27.9 Å². The second-order valence-corrected chi connectivity index (χ2v) is 5.46. The highest BCUT2D eigenvalue weighted by Crippen LogP contribution is 2.33. The maximum Gasteiger partial charge on any atom is 0.0493 e. The molecule has 0 unspecified atom stereocenters. The van der Waals surface area contributed by atoms with Gasteiger partial charge in [-0.15, -0.1) is 0 Å². The second kappa shape index (κ2) is 5.49. The SMILES string of the molecule is C1=Cc2cccc(Cc3cccnc3)c2Nc2ccccc21. The van der Waals surface area contributed by atoms with Gasteiger partial charge in [0.05, 0.1) is 0 Å². The van der Waals surface area contributed by atoms with Crippen molar-refractivity contribution in [2.45, 2.75) is 6.42 Å². The molecular weight excluding hydrogens is 268 g/mol. The lowest BCUT2D eigenvalue weighted by molar-refractivity contribution is 1.14. The molecule has 0 fully saturated rings. The maximum absolute atomic E-state index is 4.21. The molecule has 1 aliphatic heterocycles. The highest BCUT2D eigenvalue weighted by Gasteiger charge is 2.12. The largest absolute Gasteiger partial charge is 0.354 e. The summed E-state index contributed by atoms with van der Waals surface area (Å²) in [6, 6.07) is 18.9. The molecule has 0 amide bonds. The van der Waals surface area contributed by atoms with Gasteiger partial charge in [-0.2, -0.15) is 0 Å². The Labute approximate surface area is 130 Å². The minimum atomic E-state index is 0.875. The van der Waals surface area contributed by atoms with E-state index in [9.17, 15) is 0 Å². The summed E-state index contributed by atoms with van der Waals surface area (Å²) < 4.78 is 0. The van der Waals surface area contributed by atoms with Crippen LogP contribution in [-0.2, 0) is 6.42 Å². The molecular formula is C20H16N2. The van der Waals surface area contributed by atoms with Gasteiger partial charge in [0, 0.05) is 30.2 Å². The predicted octanol–water partition coefficient (Wildman–Crippen LogP) is 4.90. The Morgan fingerprint density at radius 1 is 0.818 bits per heavy atom. The molecule has 1 aliphatic rings. The molecule has 2 aromatic carbocycles. The minimum Gasteiger partial charge on any atom is -0.354 e. The number of hydrogen-bond acceptors (Lipinski definition) is 2. The molecule has 0 spiro atoms. The number of para-hydroxylation sites is 2. The third kappa shape index (κ3) is 2.40. The van der Waals surface area contributed by atoms with Crippen LogP contribution in [0, 0.1) is 0 Å². The Bertz CT molecular complexity index is 835. The summed E-state index contributed by atoms with van der Waals surface area (Å²) in [6.45, 7) is 0. The fraction of sp³-hybridized carbons (Fsp3) is 0.0500. The topological polar surface area (TPSA) is 24.9 Å². The molecule has 106 valence electrons. The number of fused-ring (bicyclic) bond motifs is 2. The Hall–Kier alpha value is -2.87. The van der Waals surface area contributed by atoms with Gasteiger partial charge in [0.1, 0.15) is 0 Å². The van der Waals surface area contributed by atoms with Gasteiger partial charge >= 0.3 is 0 Å². The molecule has 0 bridgehead atoms. The van der Waals surface area contributed by atoms with E-state index in [2.05, 4.69) is 71.0 Å². The average molecular weight is 284 g/mol. The molecule has 2 heterocycles. The monoisotopic (exact) mass is 284 g/mol. The van der Waals surface area contributed by atoms with Crippen LogP contribution in [0.3, 0.4) is 0 Å². The van der Waals surface area contributed by atoms with Crippen LogP contribution in [0.5, 0.6) is 0 Å². The first-order valence-corrected chi connectivity index (χ1v) is 7.45. The van der Waals surface area contributed by atoms with E-state index in [0.29, 0.717) is 0 Å². The minimum absolute atomic E-state index is 0.875. The van der Waals surface area contributed by atoms with Crippen LogP contribution in [0.4, 0.5) is 11.4 Å². The molecule has 0 atom stereocenters. The first kappa shape index (κ1) is 12.8. The van der Waals surface area contributed by atoms with Crippen molar-refractivity contribution in [1.29, 1.82) is 0 Å². The van der Waals surface area contributed by atoms with Crippen molar-refractivity contribution < 1.29 is 0 Å². The van der Waals surface area contributed by atoms with Gasteiger partial charge in [0.15, 0.2) is 0 Å². The summed E-state index contributed by atoms with van der Waals surface area (Å²) in [5.74, 6) is 0. The highest BCUT2D eigenvalue weighted by atomic mass is 14.9. The predicted molar refractivity (Wildman–Crippen MR) is 92.1 cm³/mol. The van der Waals surface area contributed by atoms with Crippen molar-refractivity contribution in [1.82, 2.24) is 4.98 Å². The molecule has 2 heteroatoms. The second-order valence-electron chi connectivity index (χ2n) is 5.46. The number of benzene rings is 2. The quantitative estimate of drug-likeness (QED) is 0.566. The molecule has 22 heavy (non-hydrogen) atoms. The Morgan fingerprint density at radius 3 is 2.59 bits per heavy atom. The van der Waals surface area contributed by atoms with Crippen LogP contribution in [0.2, 0.25) is 0 Å². The van der Waals surface area contributed by atoms with Crippen LogP contribution in [0.1, 0.15) is 22.3 Å². The van der Waals surface area contributed by atoms with E-state index in [4.69, 9.17) is 0 Å². The van der Waals surface area contributed by atoms with Gasteiger partial charge in [-0.05, 0) is 34.4 Å². The zero-order valence-electron chi connectivity index (χ0n) is 12.2. The van der Waals surface area contributed by atoms with Crippen LogP contribution in [-0.4, -0.2) is 4.98 Å². The first-order valence-electron chi connectivity index (χ1n) is 7.45. The molecule has 0 radical (unpaired) electrons. The zero-order valence-corrected chi connectivity index (χ0v) is 12.2. The first-order chi connectivity index (χ1) is 10.9. The fourth-order valence-corrected chi connectivity index (χ4v) is 2.85. The van der Waals surface area contributed by atoms with E-state index in [-0.39, 0.29) is 0 Å². The van der Waals surface area contributed by atoms with Gasteiger partial charge in [-0.3, -0.25) is 4.98 Å². The van der Waals surface area contributed by atoms with Gasteiger partial charge in [-0.1, -0.05) is 54.6 Å². The van der Waals surface area contributed by atoms with E-state index in [1.54, 1.807) is 0 Å². The number of pyridine rings is 1. The van der Waals surface area contributed by atoms with E-state index >= 15 is 0 Å². The molecule has 1 N–H and O–H groups in total. The van der Waals surface area contributed by atoms with Crippen molar-refractivity contribution >= 4 is 23.5 Å². The third-order valence-electron chi connectivity index (χ3n) is 3.96. The number of nitrogens with zero attached hydrogens (tertiary/aromatic N) is 1. The normalized spacial score (nSPS) is 12.0. The lowest BCUT2D eigenvalue weighted by Gasteiger charge is -2.14. The maximum atomic E-state index is 4.21. The highest BCUT2D eigenvalue weighted by molar-refractivity contribution is 5.88. The van der Waals surface area contributed by atoms with Crippen molar-refractivity contribution in [2.75, 3.05) is 5.32 Å². The molecule has 0 saturated carbocycles. The van der Waals surface area contributed by atoms with Gasteiger partial charge in [-0.25, -0.2) is 0 Å². The van der Waals surface area contributed by atoms with E-state index in [1.807, 2.05) is 18.5 Å². The number of anilines is 2. The van der Waals surface area contributed by atoms with E-state index < -0.39 is 0 Å². The summed E-state index contributed by atoms with van der Waals surface area (Å²) in [5.41, 5.74) is 7.28. The number of nitrogens with one attached hydrogen (secondary N) is 1. The lowest BCUT2D eigenvalue weighted by atomic mass is 10.0. The Morgan fingerprint density at radius 2 is 1.68 bits per heavy atom. The van der Waals surface area contributed by atoms with Gasteiger partial charge in [0.2, 0.25) is 0 Å². The molecule has 0 saturated heterocycles. The summed E-state index contributed by atoms with van der Waals surface area (Å²) in [7, 11) is 0. The fourth-order valence-electron chi connectivity index (χ4n) is 2.85. The van der Waals surface area contributed by atoms with Crippen molar-refractivity contribution in [3.63, 3.8) is 0 Å². The van der Waals surface area contributed by atoms with Crippen molar-refractivity contribution in [3.8, 4) is 0 Å². The summed E-state index contributed by atoms with van der Waals surface area (Å²) in [4.78, 5) is 4.21. The van der Waals surface area contributed by atoms with Crippen molar-refractivity contribution in [2.24, 2.45) is 0 Å². The number of rotatable bonds is 2. The summed E-state index contributed by atoms with van der Waals surface area (Å²) in [6.07, 6.45) is 8.97. The van der Waals surface area contributed by atoms with Crippen LogP contribution in [0.25, 0.3) is 12.2 Å². The van der Waals surface area contributed by atoms with Crippen LogP contribution in [0.15, 0.2) is 67.0 Å². The van der Waals surface area contributed by atoms with Crippen LogP contribution >= 0.6 is 0 Å². The van der Waals surface area contributed by atoms with Crippen LogP contribution < -0.4 is 5.32 Å². The van der Waals surface area contributed by atoms with Crippen molar-refractivity contribution in [3.05, 3.63) is 89.2 Å². The van der Waals surface area contributed by atoms with E-state index in [0.717, 1.165) is 12.1 Å². The zero-order chi connectivity index (χ0) is 14.8. The summed E-state index contributed by atoms with van der Waals surface area (Å²) >= 11 is 0.